The molecule has 0 radical (unpaired) electrons. The molecule has 0 amide bonds. The van der Waals surface area contributed by atoms with Crippen LogP contribution in [0, 0.1) is 6.92 Å². The number of imidazole rings is 1. The third kappa shape index (κ3) is 3.19. The van der Waals surface area contributed by atoms with Crippen molar-refractivity contribution in [1.82, 2.24) is 29.3 Å². The van der Waals surface area contributed by atoms with Crippen LogP contribution in [0.1, 0.15) is 33.4 Å². The molecule has 0 aliphatic rings. The molecule has 0 bridgehead atoms. The third-order valence-corrected chi connectivity index (χ3v) is 3.87. The van der Waals surface area contributed by atoms with E-state index in [1.54, 1.807) is 24.5 Å². The number of rotatable bonds is 4. The highest BCUT2D eigenvalue weighted by atomic mass is 16.5. The van der Waals surface area contributed by atoms with E-state index >= 15 is 0 Å². The second kappa shape index (κ2) is 6.19. The van der Waals surface area contributed by atoms with E-state index in [1.165, 1.54) is 11.7 Å². The first-order valence-electron chi connectivity index (χ1n) is 8.44. The predicted molar refractivity (Wildman–Crippen MR) is 92.9 cm³/mol. The lowest BCUT2D eigenvalue weighted by Gasteiger charge is -2.24. The first kappa shape index (κ1) is 15.6. The van der Waals surface area contributed by atoms with Gasteiger partial charge in [0.1, 0.15) is 18.1 Å². The summed E-state index contributed by atoms with van der Waals surface area (Å²) >= 11 is 0. The van der Waals surface area contributed by atoms with Crippen molar-refractivity contribution in [1.29, 1.82) is 0 Å². The zero-order chi connectivity index (χ0) is 19.1. The van der Waals surface area contributed by atoms with Crippen LogP contribution in [-0.2, 0) is 19.2 Å². The average molecular weight is 344 g/mol. The lowest BCUT2D eigenvalue weighted by atomic mass is 10.1. The Hall–Kier alpha value is -2.90. The molecule has 0 aliphatic carbocycles. The highest BCUT2D eigenvalue weighted by Gasteiger charge is 2.24. The van der Waals surface area contributed by atoms with Gasteiger partial charge in [0.25, 0.3) is 0 Å². The van der Waals surface area contributed by atoms with Gasteiger partial charge in [-0.2, -0.15) is 4.68 Å². The summed E-state index contributed by atoms with van der Waals surface area (Å²) in [6.07, 6.45) is 1.68. The number of nitrogens with zero attached hydrogens (tertiary/aromatic N) is 6. The highest BCUT2D eigenvalue weighted by molar-refractivity contribution is 5.33. The van der Waals surface area contributed by atoms with Gasteiger partial charge in [0.15, 0.2) is 5.82 Å². The Kier molecular flexibility index (Phi) is 3.87. The number of ether oxygens (including phenoxy) is 1. The summed E-state index contributed by atoms with van der Waals surface area (Å²) < 4.78 is 17.9. The molecule has 2 aromatic heterocycles. The fraction of sp³-hybridized carbons (Fsp3) is 0.412. The van der Waals surface area contributed by atoms with Crippen LogP contribution < -0.4 is 10.4 Å². The van der Waals surface area contributed by atoms with Crippen LogP contribution in [0.2, 0.25) is 0 Å². The summed E-state index contributed by atoms with van der Waals surface area (Å²) in [5, 5.41) is 7.64. The number of benzene rings is 1. The van der Waals surface area contributed by atoms with Gasteiger partial charge in [0.2, 0.25) is 0 Å². The minimum absolute atomic E-state index is 0.202. The van der Waals surface area contributed by atoms with Crippen molar-refractivity contribution in [2.45, 2.75) is 39.8 Å². The number of hydrogen-bond donors (Lipinski definition) is 0. The van der Waals surface area contributed by atoms with Crippen LogP contribution in [0.25, 0.3) is 5.82 Å². The third-order valence-electron chi connectivity index (χ3n) is 3.87. The minimum atomic E-state index is -0.375. The quantitative estimate of drug-likeness (QED) is 0.721. The van der Waals surface area contributed by atoms with Gasteiger partial charge >= 0.3 is 5.69 Å². The number of hydrogen-bond acceptors (Lipinski definition) is 5. The molecule has 3 rings (SSSR count). The Morgan fingerprint density at radius 2 is 2.04 bits per heavy atom. The molecule has 132 valence electrons. The summed E-state index contributed by atoms with van der Waals surface area (Å²) in [6.45, 7) is 8.22. The summed E-state index contributed by atoms with van der Waals surface area (Å²) in [7, 11) is 1.54. The highest BCUT2D eigenvalue weighted by Crippen LogP contribution is 2.24. The van der Waals surface area contributed by atoms with Crippen molar-refractivity contribution in [2.24, 2.45) is 7.05 Å². The van der Waals surface area contributed by atoms with E-state index in [0.29, 0.717) is 17.6 Å². The smallest absolute Gasteiger partial charge is 0.369 e. The molecule has 8 heteroatoms. The van der Waals surface area contributed by atoms with Gasteiger partial charge in [-0.05, 0) is 49.8 Å². The lowest BCUT2D eigenvalue weighted by molar-refractivity contribution is 0.274. The second-order valence-electron chi connectivity index (χ2n) is 6.83. The van der Waals surface area contributed by atoms with Gasteiger partial charge in [0, 0.05) is 12.6 Å². The standard InChI is InChI=1S/C17H22N6O2/c1-12-8-6-7-9-14(12)25-10-13-15(18-11-22(13)17(2,3)4)23-16(24)21(5)19-20-23/h6-9,11H,10H2,1-5H3/i6T. The number of tetrazole rings is 1. The van der Waals surface area contributed by atoms with Crippen molar-refractivity contribution >= 4 is 0 Å². The molecule has 25 heavy (non-hydrogen) atoms. The topological polar surface area (TPSA) is 79.8 Å². The van der Waals surface area contributed by atoms with Crippen molar-refractivity contribution < 1.29 is 6.11 Å². The van der Waals surface area contributed by atoms with Crippen LogP contribution in [0.15, 0.2) is 35.4 Å². The van der Waals surface area contributed by atoms with Gasteiger partial charge in [-0.1, -0.05) is 18.2 Å². The molecule has 0 N–H and O–H groups in total. The number of para-hydroxylation sites is 1. The van der Waals surface area contributed by atoms with E-state index in [1.807, 2.05) is 32.3 Å². The van der Waals surface area contributed by atoms with Gasteiger partial charge in [0.05, 0.1) is 7.70 Å². The Morgan fingerprint density at radius 1 is 1.28 bits per heavy atom. The van der Waals surface area contributed by atoms with Crippen molar-refractivity contribution in [3.8, 4) is 11.6 Å². The van der Waals surface area contributed by atoms with Gasteiger partial charge in [-0.15, -0.1) is 4.68 Å². The molecular weight excluding hydrogens is 320 g/mol. The van der Waals surface area contributed by atoms with Crippen LogP contribution in [0.4, 0.5) is 0 Å². The number of aryl methyl sites for hydroxylation is 2. The summed E-state index contributed by atoms with van der Waals surface area (Å²) in [6, 6.07) is 5.62. The molecule has 0 saturated heterocycles. The van der Waals surface area contributed by atoms with E-state index in [4.69, 9.17) is 6.11 Å². The average Bonchev–Trinajstić information content (AvgIpc) is 3.10. The maximum Gasteiger partial charge on any atom is 0.369 e. The van der Waals surface area contributed by atoms with Crippen molar-refractivity contribution in [3.05, 3.63) is 52.3 Å². The van der Waals surface area contributed by atoms with Gasteiger partial charge < -0.3 is 9.30 Å². The van der Waals surface area contributed by atoms with Crippen LogP contribution in [0.3, 0.4) is 0 Å². The molecule has 2 heterocycles. The summed E-state index contributed by atoms with van der Waals surface area (Å²) in [5.74, 6) is 1.08. The van der Waals surface area contributed by atoms with Crippen LogP contribution in [-0.4, -0.2) is 29.3 Å². The fourth-order valence-electron chi connectivity index (χ4n) is 2.51. The molecule has 0 saturated carbocycles. The largest absolute Gasteiger partial charge is 0.487 e. The molecule has 3 aromatic rings. The Labute approximate surface area is 147 Å². The molecular formula is C17H22N6O2. The maximum absolute atomic E-state index is 12.2. The molecule has 0 aliphatic heterocycles. The Balaban J connectivity index is 2.02. The lowest BCUT2D eigenvalue weighted by Crippen LogP contribution is -2.27. The molecule has 0 spiro atoms. The Morgan fingerprint density at radius 3 is 2.64 bits per heavy atom. The zero-order valence-corrected chi connectivity index (χ0v) is 15.0. The van der Waals surface area contributed by atoms with E-state index in [0.717, 1.165) is 15.9 Å². The zero-order valence-electron chi connectivity index (χ0n) is 16.0. The van der Waals surface area contributed by atoms with Crippen molar-refractivity contribution in [3.63, 3.8) is 0 Å². The fourth-order valence-corrected chi connectivity index (χ4v) is 2.51. The monoisotopic (exact) mass is 344 g/mol. The molecule has 0 fully saturated rings. The van der Waals surface area contributed by atoms with E-state index in [9.17, 15) is 4.79 Å². The molecule has 1 aromatic carbocycles. The normalized spacial score (nSPS) is 12.3. The number of aromatic nitrogens is 6. The first-order valence-corrected chi connectivity index (χ1v) is 7.94. The second-order valence-corrected chi connectivity index (χ2v) is 6.83. The van der Waals surface area contributed by atoms with E-state index in [2.05, 4.69) is 15.4 Å². The van der Waals surface area contributed by atoms with Gasteiger partial charge in [-0.3, -0.25) is 0 Å². The van der Waals surface area contributed by atoms with E-state index in [-0.39, 0.29) is 17.8 Å². The van der Waals surface area contributed by atoms with E-state index < -0.39 is 0 Å². The van der Waals surface area contributed by atoms with Crippen LogP contribution in [0.5, 0.6) is 5.75 Å². The first-order chi connectivity index (χ1) is 12.2. The van der Waals surface area contributed by atoms with Crippen LogP contribution >= 0.6 is 0 Å². The molecule has 8 nitrogen and oxygen atoms in total. The van der Waals surface area contributed by atoms with Gasteiger partial charge in [-0.25, -0.2) is 9.78 Å². The maximum atomic E-state index is 12.2. The molecule has 0 unspecified atom stereocenters. The van der Waals surface area contributed by atoms with Crippen molar-refractivity contribution in [2.75, 3.05) is 0 Å². The summed E-state index contributed by atoms with van der Waals surface area (Å²) in [4.78, 5) is 16.6. The predicted octanol–water partition coefficient (Wildman–Crippen LogP) is 1.80. The SMILES string of the molecule is [3H]c1ccc(OCc2c(-n3nnn(C)c3=O)ncn2C(C)(C)C)c(C)c1. The summed E-state index contributed by atoms with van der Waals surface area (Å²) in [5.41, 5.74) is 0.961. The minimum Gasteiger partial charge on any atom is -0.487 e. The molecule has 0 atom stereocenters. The Bertz CT molecular complexity index is 996.